The number of allylic oxidation sites excluding steroid dienone is 6. The molecule has 0 amide bonds. The third kappa shape index (κ3) is 7.86. The zero-order valence-corrected chi connectivity index (χ0v) is 23.6. The minimum atomic E-state index is -6.02. The molecule has 4 nitrogen and oxygen atoms in total. The van der Waals surface area contributed by atoms with Crippen LogP contribution in [-0.2, 0) is 12.6 Å². The number of aromatic hydroxyl groups is 1. The third-order valence-corrected chi connectivity index (χ3v) is 6.51. The average Bonchev–Trinajstić information content (AvgIpc) is 2.82. The molecule has 0 spiro atoms. The van der Waals surface area contributed by atoms with Gasteiger partial charge in [0.25, 0.3) is 0 Å². The molecular weight excluding hydrogens is 618 g/mol. The summed E-state index contributed by atoms with van der Waals surface area (Å²) >= 11 is 0. The van der Waals surface area contributed by atoms with Crippen LogP contribution in [0, 0.1) is 12.3 Å². The summed E-state index contributed by atoms with van der Waals surface area (Å²) in [6.07, 6.45) is -20.4. The molecule has 21 heteroatoms. The second kappa shape index (κ2) is 12.7. The average molecular weight is 639 g/mol. The topological polar surface area (TPSA) is 92.5 Å². The maximum atomic E-state index is 14.4. The first-order valence-corrected chi connectivity index (χ1v) is 11.9. The van der Waals surface area contributed by atoms with Gasteiger partial charge in [-0.05, 0) is 0 Å². The van der Waals surface area contributed by atoms with E-state index in [4.69, 9.17) is 17.9 Å². The van der Waals surface area contributed by atoms with Crippen LogP contribution in [-0.4, -0.2) is 73.1 Å². The van der Waals surface area contributed by atoms with Gasteiger partial charge in [0.15, 0.2) is 0 Å². The summed E-state index contributed by atoms with van der Waals surface area (Å²) in [5, 5.41) is 21.1. The van der Waals surface area contributed by atoms with E-state index in [2.05, 4.69) is 7.49 Å². The number of aliphatic hydroxyl groups is 1. The van der Waals surface area contributed by atoms with E-state index < -0.39 is 109 Å². The molecule has 0 saturated carbocycles. The molecule has 0 aliphatic carbocycles. The van der Waals surface area contributed by atoms with Crippen LogP contribution in [0.25, 0.3) is 0 Å². The second-order valence-electron chi connectivity index (χ2n) is 9.65. The molecule has 0 heterocycles. The van der Waals surface area contributed by atoms with Crippen LogP contribution in [0.5, 0.6) is 5.75 Å². The molecule has 1 aromatic carbocycles. The van der Waals surface area contributed by atoms with E-state index in [9.17, 15) is 62.9 Å². The number of hydrogen-bond acceptors (Lipinski definition) is 4. The van der Waals surface area contributed by atoms with Gasteiger partial charge in [0.05, 0.1) is 0 Å². The number of anilines is 1. The summed E-state index contributed by atoms with van der Waals surface area (Å²) in [4.78, 5) is 0. The Bertz CT molecular complexity index is 1540. The second-order valence-corrected chi connectivity index (χ2v) is 9.65. The monoisotopic (exact) mass is 640 g/mol. The number of benzene rings is 1. The summed E-state index contributed by atoms with van der Waals surface area (Å²) in [6, 6.07) is 0. The van der Waals surface area contributed by atoms with Crippen molar-refractivity contribution in [1.29, 1.82) is 0 Å². The zero-order valence-electron chi connectivity index (χ0n) is 23.6. The summed E-state index contributed by atoms with van der Waals surface area (Å²) < 4.78 is 170. The van der Waals surface area contributed by atoms with E-state index in [0.717, 1.165) is 21.6 Å². The van der Waals surface area contributed by atoms with Crippen molar-refractivity contribution in [2.24, 2.45) is 5.73 Å². The number of alkyl halides is 12. The van der Waals surface area contributed by atoms with E-state index in [-0.39, 0.29) is 5.47 Å². The standard InChI is InChI=1S/C23H21B5F12N2O2/c1-3-7(20(29,30)31)9(12(25)11(23(38,39)40)14(27)16(41)5(2)24)19(44)8(21(32,33)34)4-6-10(22(35,36)37)13(26)17(42)15(28)18(6)43/h1,25,43-44H,4,24,26-28,41-42H2,2H3/b9-7+,14-11-,16-5-,19-8-. The molecule has 0 fully saturated rings. The molecule has 0 aromatic heterocycles. The van der Waals surface area contributed by atoms with Gasteiger partial charge in [-0.1, -0.05) is 0 Å². The number of phenols is 1. The van der Waals surface area contributed by atoms with Crippen LogP contribution < -0.4 is 22.4 Å². The van der Waals surface area contributed by atoms with Crippen LogP contribution in [0.15, 0.2) is 44.7 Å². The molecule has 1 aromatic rings. The molecule has 44 heavy (non-hydrogen) atoms. The molecule has 0 radical (unpaired) electrons. The van der Waals surface area contributed by atoms with Crippen LogP contribution in [0.2, 0.25) is 0 Å². The van der Waals surface area contributed by atoms with Crippen molar-refractivity contribution in [3.63, 3.8) is 0 Å². The number of halogens is 12. The van der Waals surface area contributed by atoms with Crippen molar-refractivity contribution in [3.8, 4) is 18.1 Å². The van der Waals surface area contributed by atoms with Gasteiger partial charge < -0.3 is 0 Å². The number of hydrogen-bond donors (Lipinski definition) is 4. The van der Waals surface area contributed by atoms with Crippen molar-refractivity contribution < 1.29 is 62.9 Å². The number of phenolic OH excluding ortho intramolecular Hbond substituents is 1. The number of nitrogens with two attached hydrogens (primary N) is 2. The van der Waals surface area contributed by atoms with Crippen molar-refractivity contribution in [1.82, 2.24) is 0 Å². The van der Waals surface area contributed by atoms with E-state index in [1.54, 1.807) is 0 Å². The van der Waals surface area contributed by atoms with Gasteiger partial charge in [0.1, 0.15) is 0 Å². The maximum absolute atomic E-state index is 14.4. The summed E-state index contributed by atoms with van der Waals surface area (Å²) in [6.45, 7) is 1.20. The molecule has 1 rings (SSSR count). The fourth-order valence-corrected chi connectivity index (χ4v) is 4.27. The quantitative estimate of drug-likeness (QED) is 0.0899. The normalized spacial score (nSPS) is 15.4. The predicted molar refractivity (Wildman–Crippen MR) is 154 cm³/mol. The van der Waals surface area contributed by atoms with E-state index in [0.29, 0.717) is 7.85 Å². The van der Waals surface area contributed by atoms with Gasteiger partial charge in [-0.15, -0.1) is 0 Å². The van der Waals surface area contributed by atoms with Crippen LogP contribution in [0.3, 0.4) is 0 Å². The van der Waals surface area contributed by atoms with Gasteiger partial charge in [0, 0.05) is 0 Å². The Balaban J connectivity index is 4.59. The Morgan fingerprint density at radius 2 is 1.39 bits per heavy atom. The van der Waals surface area contributed by atoms with E-state index in [1.165, 1.54) is 14.8 Å². The van der Waals surface area contributed by atoms with Gasteiger partial charge in [-0.3, -0.25) is 0 Å². The first-order chi connectivity index (χ1) is 19.5. The molecule has 0 aliphatic heterocycles. The van der Waals surface area contributed by atoms with Crippen LogP contribution >= 0.6 is 0 Å². The van der Waals surface area contributed by atoms with Crippen LogP contribution in [0.1, 0.15) is 18.1 Å². The Hall–Kier alpha value is -3.71. The first kappa shape index (κ1) is 38.3. The minimum absolute atomic E-state index is 0.00411. The molecule has 0 saturated heterocycles. The Labute approximate surface area is 247 Å². The molecule has 0 unspecified atom stereocenters. The molecule has 0 aliphatic rings. The van der Waals surface area contributed by atoms with Crippen molar-refractivity contribution in [2.75, 3.05) is 5.73 Å². The van der Waals surface area contributed by atoms with Crippen molar-refractivity contribution in [2.45, 2.75) is 38.0 Å². The summed E-state index contributed by atoms with van der Waals surface area (Å²) in [5.41, 5.74) is -7.69. The van der Waals surface area contributed by atoms with E-state index >= 15 is 0 Å². The van der Waals surface area contributed by atoms with Gasteiger partial charge in [-0.25, -0.2) is 0 Å². The molecule has 0 atom stereocenters. The fraction of sp³-hybridized carbons (Fsp3) is 0.261. The Kier molecular flexibility index (Phi) is 11.1. The molecule has 234 valence electrons. The Morgan fingerprint density at radius 3 is 1.73 bits per heavy atom. The van der Waals surface area contributed by atoms with Gasteiger partial charge >= 0.3 is 247 Å². The molecule has 0 bridgehead atoms. The Morgan fingerprint density at radius 1 is 0.909 bits per heavy atom. The summed E-state index contributed by atoms with van der Waals surface area (Å²) in [5.74, 6) is -3.19. The predicted octanol–water partition coefficient (Wildman–Crippen LogP) is 0.265. The van der Waals surface area contributed by atoms with E-state index in [1.807, 2.05) is 0 Å². The fourth-order valence-electron chi connectivity index (χ4n) is 4.27. The third-order valence-electron chi connectivity index (χ3n) is 6.51. The number of aliphatic hydroxyl groups excluding tert-OH is 1. The van der Waals surface area contributed by atoms with Gasteiger partial charge in [-0.2, -0.15) is 0 Å². The van der Waals surface area contributed by atoms with Crippen molar-refractivity contribution in [3.05, 3.63) is 55.8 Å². The first-order valence-electron chi connectivity index (χ1n) is 11.9. The molecular formula is C23H21B5F12N2O2. The van der Waals surface area contributed by atoms with Crippen molar-refractivity contribution >= 4 is 60.9 Å². The SMILES string of the molecule is B=C(C(/C(O)=C(\Cc1c(O)c(B)c(N)c(B)c1C(F)(F)F)C(F)(F)F)=C(/C#C)C(F)(F)F)/C(=C(B)\C(N)=C(\B)C)C(F)(F)F. The zero-order chi connectivity index (χ0) is 35.1. The molecule has 6 N–H and O–H groups in total. The van der Waals surface area contributed by atoms with Crippen LogP contribution in [0.4, 0.5) is 58.4 Å². The number of rotatable bonds is 6. The van der Waals surface area contributed by atoms with Gasteiger partial charge in [0.2, 0.25) is 0 Å². The summed E-state index contributed by atoms with van der Waals surface area (Å²) in [7, 11) is 6.37. The number of terminal acetylenes is 1. The number of nitrogen functional groups attached to an aromatic ring is 1.